The van der Waals surface area contributed by atoms with Crippen LogP contribution in [0.3, 0.4) is 0 Å². The molecule has 1 N–H and O–H groups in total. The van der Waals surface area contributed by atoms with E-state index in [-0.39, 0.29) is 5.91 Å². The second-order valence-corrected chi connectivity index (χ2v) is 4.66. The third kappa shape index (κ3) is 2.64. The minimum atomic E-state index is -0.125. The van der Waals surface area contributed by atoms with Gasteiger partial charge in [-0.25, -0.2) is 4.98 Å². The van der Waals surface area contributed by atoms with E-state index in [1.807, 2.05) is 17.5 Å². The molecule has 0 aliphatic carbocycles. The fourth-order valence-corrected chi connectivity index (χ4v) is 1.89. The zero-order chi connectivity index (χ0) is 10.7. The molecule has 5 heteroatoms. The first-order valence-corrected chi connectivity index (χ1v) is 5.89. The van der Waals surface area contributed by atoms with Crippen LogP contribution in [0.5, 0.6) is 0 Å². The Labute approximate surface area is 99.3 Å². The second-order valence-electron chi connectivity index (χ2n) is 2.79. The Bertz CT molecular complexity index is 453. The summed E-state index contributed by atoms with van der Waals surface area (Å²) >= 11 is 4.68. The van der Waals surface area contributed by atoms with Crippen molar-refractivity contribution in [3.8, 4) is 0 Å². The number of aromatic nitrogens is 1. The van der Waals surface area contributed by atoms with Crippen molar-refractivity contribution in [1.29, 1.82) is 0 Å². The van der Waals surface area contributed by atoms with Crippen LogP contribution in [0.1, 0.15) is 9.67 Å². The van der Waals surface area contributed by atoms with E-state index in [0.29, 0.717) is 10.7 Å². The number of thiophene rings is 1. The Kier molecular flexibility index (Phi) is 3.13. The van der Waals surface area contributed by atoms with Gasteiger partial charge in [0.2, 0.25) is 0 Å². The number of anilines is 1. The summed E-state index contributed by atoms with van der Waals surface area (Å²) < 4.78 is 0.886. The normalized spacial score (nSPS) is 9.93. The Morgan fingerprint density at radius 1 is 1.40 bits per heavy atom. The molecular formula is C10H7BrN2OS. The summed E-state index contributed by atoms with van der Waals surface area (Å²) in [7, 11) is 0. The molecule has 0 aliphatic heterocycles. The number of carbonyl (C=O) groups is 1. The van der Waals surface area contributed by atoms with Crippen molar-refractivity contribution >= 4 is 39.0 Å². The predicted octanol–water partition coefficient (Wildman–Crippen LogP) is 3.16. The highest BCUT2D eigenvalue weighted by atomic mass is 79.9. The molecule has 0 unspecified atom stereocenters. The van der Waals surface area contributed by atoms with E-state index in [2.05, 4.69) is 26.2 Å². The summed E-state index contributed by atoms with van der Waals surface area (Å²) in [6.07, 6.45) is 1.64. The first kappa shape index (κ1) is 10.3. The van der Waals surface area contributed by atoms with Crippen LogP contribution >= 0.6 is 27.3 Å². The van der Waals surface area contributed by atoms with Gasteiger partial charge >= 0.3 is 0 Å². The lowest BCUT2D eigenvalue weighted by molar-refractivity contribution is 0.103. The second kappa shape index (κ2) is 4.55. The van der Waals surface area contributed by atoms with E-state index in [9.17, 15) is 4.79 Å². The SMILES string of the molecule is O=C(Nc1ccc(Br)cn1)c1cccs1. The van der Waals surface area contributed by atoms with Crippen LogP contribution in [-0.2, 0) is 0 Å². The van der Waals surface area contributed by atoms with Crippen LogP contribution in [0, 0.1) is 0 Å². The summed E-state index contributed by atoms with van der Waals surface area (Å²) in [5, 5.41) is 4.58. The molecule has 0 fully saturated rings. The molecule has 15 heavy (non-hydrogen) atoms. The average molecular weight is 283 g/mol. The smallest absolute Gasteiger partial charge is 0.266 e. The average Bonchev–Trinajstić information content (AvgIpc) is 2.74. The molecule has 0 aliphatic rings. The van der Waals surface area contributed by atoms with E-state index in [0.717, 1.165) is 4.47 Å². The van der Waals surface area contributed by atoms with Gasteiger partial charge in [0.15, 0.2) is 0 Å². The summed E-state index contributed by atoms with van der Waals surface area (Å²) in [6.45, 7) is 0. The highest BCUT2D eigenvalue weighted by Gasteiger charge is 2.06. The van der Waals surface area contributed by atoms with E-state index < -0.39 is 0 Å². The Hall–Kier alpha value is -1.20. The van der Waals surface area contributed by atoms with Gasteiger partial charge in [-0.05, 0) is 39.5 Å². The zero-order valence-electron chi connectivity index (χ0n) is 7.61. The van der Waals surface area contributed by atoms with Crippen molar-refractivity contribution in [2.24, 2.45) is 0 Å². The van der Waals surface area contributed by atoms with Crippen LogP contribution in [0.25, 0.3) is 0 Å². The monoisotopic (exact) mass is 282 g/mol. The largest absolute Gasteiger partial charge is 0.306 e. The number of carbonyl (C=O) groups excluding carboxylic acids is 1. The molecule has 0 bridgehead atoms. The molecule has 1 amide bonds. The number of rotatable bonds is 2. The Balaban J connectivity index is 2.09. The van der Waals surface area contributed by atoms with Gasteiger partial charge in [-0.15, -0.1) is 11.3 Å². The third-order valence-electron chi connectivity index (χ3n) is 1.71. The number of halogens is 1. The molecule has 2 aromatic rings. The van der Waals surface area contributed by atoms with Crippen LogP contribution < -0.4 is 5.32 Å². The maximum Gasteiger partial charge on any atom is 0.266 e. The molecule has 2 aromatic heterocycles. The fraction of sp³-hybridized carbons (Fsp3) is 0. The molecule has 2 heterocycles. The maximum absolute atomic E-state index is 11.6. The summed E-state index contributed by atoms with van der Waals surface area (Å²) in [5.74, 6) is 0.427. The van der Waals surface area contributed by atoms with Gasteiger partial charge in [0.05, 0.1) is 4.88 Å². The molecule has 0 spiro atoms. The highest BCUT2D eigenvalue weighted by Crippen LogP contribution is 2.13. The van der Waals surface area contributed by atoms with Crippen LogP contribution in [0.2, 0.25) is 0 Å². The van der Waals surface area contributed by atoms with Gasteiger partial charge in [-0.3, -0.25) is 4.79 Å². The summed E-state index contributed by atoms with van der Waals surface area (Å²) in [4.78, 5) is 16.3. The van der Waals surface area contributed by atoms with Crippen LogP contribution in [0.15, 0.2) is 40.3 Å². The fourth-order valence-electron chi connectivity index (χ4n) is 1.04. The zero-order valence-corrected chi connectivity index (χ0v) is 10.0. The third-order valence-corrected chi connectivity index (χ3v) is 3.05. The van der Waals surface area contributed by atoms with Gasteiger partial charge in [-0.2, -0.15) is 0 Å². The number of pyridine rings is 1. The van der Waals surface area contributed by atoms with Crippen molar-refractivity contribution in [3.63, 3.8) is 0 Å². The summed E-state index contributed by atoms with van der Waals surface area (Å²) in [6, 6.07) is 7.19. The first-order chi connectivity index (χ1) is 7.25. The van der Waals surface area contributed by atoms with Gasteiger partial charge in [0.25, 0.3) is 5.91 Å². The lowest BCUT2D eigenvalue weighted by Crippen LogP contribution is -2.10. The molecule has 0 radical (unpaired) electrons. The maximum atomic E-state index is 11.6. The molecule has 0 saturated heterocycles. The van der Waals surface area contributed by atoms with Crippen LogP contribution in [-0.4, -0.2) is 10.9 Å². The van der Waals surface area contributed by atoms with Gasteiger partial charge in [0, 0.05) is 10.7 Å². The lowest BCUT2D eigenvalue weighted by atomic mass is 10.4. The molecule has 2 rings (SSSR count). The number of nitrogens with one attached hydrogen (secondary N) is 1. The van der Waals surface area contributed by atoms with Crippen molar-refractivity contribution in [3.05, 3.63) is 45.2 Å². The van der Waals surface area contributed by atoms with Crippen LogP contribution in [0.4, 0.5) is 5.82 Å². The molecular weight excluding hydrogens is 276 g/mol. The molecule has 0 saturated carbocycles. The minimum Gasteiger partial charge on any atom is -0.306 e. The lowest BCUT2D eigenvalue weighted by Gasteiger charge is -2.01. The number of hydrogen-bond acceptors (Lipinski definition) is 3. The van der Waals surface area contributed by atoms with Crippen molar-refractivity contribution in [2.75, 3.05) is 5.32 Å². The number of hydrogen-bond donors (Lipinski definition) is 1. The predicted molar refractivity (Wildman–Crippen MR) is 64.2 cm³/mol. The Morgan fingerprint density at radius 2 is 2.27 bits per heavy atom. The molecule has 0 aromatic carbocycles. The number of amides is 1. The van der Waals surface area contributed by atoms with Crippen molar-refractivity contribution in [2.45, 2.75) is 0 Å². The molecule has 0 atom stereocenters. The van der Waals surface area contributed by atoms with E-state index in [4.69, 9.17) is 0 Å². The van der Waals surface area contributed by atoms with Crippen molar-refractivity contribution < 1.29 is 4.79 Å². The topological polar surface area (TPSA) is 42.0 Å². The minimum absolute atomic E-state index is 0.125. The van der Waals surface area contributed by atoms with Gasteiger partial charge in [-0.1, -0.05) is 6.07 Å². The van der Waals surface area contributed by atoms with Crippen molar-refractivity contribution in [1.82, 2.24) is 4.98 Å². The highest BCUT2D eigenvalue weighted by molar-refractivity contribution is 9.10. The van der Waals surface area contributed by atoms with E-state index in [1.165, 1.54) is 11.3 Å². The van der Waals surface area contributed by atoms with Gasteiger partial charge in [0.1, 0.15) is 5.82 Å². The number of nitrogens with zero attached hydrogens (tertiary/aromatic N) is 1. The summed E-state index contributed by atoms with van der Waals surface area (Å²) in [5.41, 5.74) is 0. The van der Waals surface area contributed by atoms with E-state index >= 15 is 0 Å². The molecule has 3 nitrogen and oxygen atoms in total. The van der Waals surface area contributed by atoms with Gasteiger partial charge < -0.3 is 5.32 Å². The quantitative estimate of drug-likeness (QED) is 0.919. The van der Waals surface area contributed by atoms with E-state index in [1.54, 1.807) is 18.3 Å². The standard InChI is InChI=1S/C10H7BrN2OS/c11-7-3-4-9(12-6-7)13-10(14)8-2-1-5-15-8/h1-6H,(H,12,13,14). The molecule has 76 valence electrons. The first-order valence-electron chi connectivity index (χ1n) is 4.22. The Morgan fingerprint density at radius 3 is 2.87 bits per heavy atom.